The average molecular weight is 544 g/mol. The number of anilines is 1. The minimum absolute atomic E-state index is 0.261. The number of rotatable bonds is 8. The highest BCUT2D eigenvalue weighted by atomic mass is 19.1. The Kier molecular flexibility index (Phi) is 6.46. The number of ether oxygens (including phenoxy) is 1. The number of pyridine rings is 1. The summed E-state index contributed by atoms with van der Waals surface area (Å²) in [6.45, 7) is 8.73. The first-order valence-corrected chi connectivity index (χ1v) is 14.7. The molecule has 2 N–H and O–H groups in total. The molecule has 9 heteroatoms. The third kappa shape index (κ3) is 4.73. The predicted octanol–water partition coefficient (Wildman–Crippen LogP) is 5.02. The third-order valence-electron chi connectivity index (χ3n) is 9.50. The minimum atomic E-state index is -0.315. The van der Waals surface area contributed by atoms with Gasteiger partial charge in [0, 0.05) is 67.2 Å². The van der Waals surface area contributed by atoms with Crippen LogP contribution in [0, 0.1) is 23.1 Å². The number of nitrogens with two attached hydrogens (primary N) is 1. The maximum absolute atomic E-state index is 14.5. The van der Waals surface area contributed by atoms with Gasteiger partial charge in [0.2, 0.25) is 0 Å². The van der Waals surface area contributed by atoms with Crippen molar-refractivity contribution >= 4 is 5.82 Å². The highest BCUT2D eigenvalue weighted by molar-refractivity contribution is 5.74. The molecule has 1 aromatic carbocycles. The fourth-order valence-corrected chi connectivity index (χ4v) is 7.48. The van der Waals surface area contributed by atoms with Crippen molar-refractivity contribution < 1.29 is 9.13 Å². The van der Waals surface area contributed by atoms with Gasteiger partial charge in [-0.25, -0.2) is 9.37 Å². The highest BCUT2D eigenvalue weighted by Gasteiger charge is 2.52. The predicted molar refractivity (Wildman–Crippen MR) is 152 cm³/mol. The molecule has 8 nitrogen and oxygen atoms in total. The topological polar surface area (TPSA) is 93.3 Å². The SMILES string of the molecule is CC(C)[C@H](C1CC(N)C1)N1CC2(CCN(c3ncnnc3Oc3ccc(F)cc3-c3cnccc3C3CC3)C2)C1. The molecule has 4 fully saturated rings. The lowest BCUT2D eigenvalue weighted by Crippen LogP contribution is -2.65. The Hall–Kier alpha value is -3.17. The van der Waals surface area contributed by atoms with E-state index >= 15 is 0 Å². The molecular formula is C31H38FN7O. The van der Waals surface area contributed by atoms with Crippen LogP contribution < -0.4 is 15.4 Å². The van der Waals surface area contributed by atoms with Gasteiger partial charge in [0.05, 0.1) is 0 Å². The Bertz CT molecular complexity index is 1380. The smallest absolute Gasteiger partial charge is 0.282 e. The second kappa shape index (κ2) is 10.0. The summed E-state index contributed by atoms with van der Waals surface area (Å²) in [5.74, 6) is 3.10. The first-order valence-electron chi connectivity index (χ1n) is 14.7. The molecule has 2 aliphatic carbocycles. The Labute approximate surface area is 235 Å². The van der Waals surface area contributed by atoms with Crippen molar-refractivity contribution in [1.29, 1.82) is 0 Å². The standard InChI is InChI=1S/C31H38FN7O/c1-19(2)28(21-11-23(33)12-21)39-16-31(17-39)8-10-38(15-31)29-30(37-36-18-35-29)40-27-6-5-22(32)13-25(27)26-14-34-9-7-24(26)20-3-4-20/h5-7,9,13-14,18-21,23,28H,3-4,8,10-12,15-17,33H2,1-2H3/t21?,23?,28-/m1/s1. The van der Waals surface area contributed by atoms with Gasteiger partial charge < -0.3 is 15.4 Å². The first-order chi connectivity index (χ1) is 19.4. The summed E-state index contributed by atoms with van der Waals surface area (Å²) in [4.78, 5) is 13.9. The number of halogens is 1. The van der Waals surface area contributed by atoms with Crippen LogP contribution in [0.5, 0.6) is 11.6 Å². The third-order valence-corrected chi connectivity index (χ3v) is 9.50. The minimum Gasteiger partial charge on any atom is -0.434 e. The van der Waals surface area contributed by atoms with Crippen molar-refractivity contribution in [2.45, 2.75) is 64.0 Å². The Morgan fingerprint density at radius 1 is 1.10 bits per heavy atom. The molecule has 40 heavy (non-hydrogen) atoms. The zero-order chi connectivity index (χ0) is 27.4. The Morgan fingerprint density at radius 3 is 2.67 bits per heavy atom. The largest absolute Gasteiger partial charge is 0.434 e. The number of benzene rings is 1. The maximum Gasteiger partial charge on any atom is 0.282 e. The number of hydrogen-bond donors (Lipinski definition) is 1. The average Bonchev–Trinajstić information content (AvgIpc) is 3.67. The van der Waals surface area contributed by atoms with Crippen LogP contribution in [0.2, 0.25) is 0 Å². The molecule has 0 bridgehead atoms. The van der Waals surface area contributed by atoms with Gasteiger partial charge in [-0.05, 0) is 79.7 Å². The lowest BCUT2D eigenvalue weighted by Gasteiger charge is -2.56. The van der Waals surface area contributed by atoms with Crippen LogP contribution in [0.4, 0.5) is 10.2 Å². The fourth-order valence-electron chi connectivity index (χ4n) is 7.48. The molecule has 4 aliphatic rings. The van der Waals surface area contributed by atoms with Crippen LogP contribution in [-0.4, -0.2) is 63.3 Å². The van der Waals surface area contributed by atoms with Gasteiger partial charge in [0.25, 0.3) is 5.88 Å². The summed E-state index contributed by atoms with van der Waals surface area (Å²) in [6.07, 6.45) is 10.8. The molecule has 3 aromatic rings. The summed E-state index contributed by atoms with van der Waals surface area (Å²) in [6, 6.07) is 7.64. The van der Waals surface area contributed by atoms with Crippen LogP contribution in [-0.2, 0) is 0 Å². The van der Waals surface area contributed by atoms with E-state index in [1.165, 1.54) is 24.0 Å². The summed E-state index contributed by atoms with van der Waals surface area (Å²) >= 11 is 0. The van der Waals surface area contributed by atoms with Crippen LogP contribution in [0.25, 0.3) is 11.1 Å². The van der Waals surface area contributed by atoms with E-state index in [1.807, 2.05) is 6.07 Å². The summed E-state index contributed by atoms with van der Waals surface area (Å²) < 4.78 is 20.9. The van der Waals surface area contributed by atoms with Gasteiger partial charge in [0.15, 0.2) is 5.82 Å². The van der Waals surface area contributed by atoms with Crippen molar-refractivity contribution in [3.63, 3.8) is 0 Å². The van der Waals surface area contributed by atoms with Gasteiger partial charge in [-0.1, -0.05) is 13.8 Å². The molecule has 0 unspecified atom stereocenters. The van der Waals surface area contributed by atoms with E-state index in [4.69, 9.17) is 10.5 Å². The van der Waals surface area contributed by atoms with E-state index in [0.717, 1.165) is 69.8 Å². The fraction of sp³-hybridized carbons (Fsp3) is 0.548. The van der Waals surface area contributed by atoms with E-state index < -0.39 is 0 Å². The zero-order valence-corrected chi connectivity index (χ0v) is 23.3. The second-order valence-corrected chi connectivity index (χ2v) is 12.9. The van der Waals surface area contributed by atoms with Crippen molar-refractivity contribution in [2.75, 3.05) is 31.1 Å². The summed E-state index contributed by atoms with van der Waals surface area (Å²) in [5, 5.41) is 8.38. The number of hydrogen-bond acceptors (Lipinski definition) is 8. The summed E-state index contributed by atoms with van der Waals surface area (Å²) in [7, 11) is 0. The second-order valence-electron chi connectivity index (χ2n) is 12.9. The van der Waals surface area contributed by atoms with E-state index in [9.17, 15) is 4.39 Å². The Morgan fingerprint density at radius 2 is 1.93 bits per heavy atom. The summed E-state index contributed by atoms with van der Waals surface area (Å²) in [5.41, 5.74) is 9.15. The van der Waals surface area contributed by atoms with Crippen molar-refractivity contribution in [1.82, 2.24) is 25.1 Å². The monoisotopic (exact) mass is 543 g/mol. The van der Waals surface area contributed by atoms with E-state index in [2.05, 4.69) is 43.8 Å². The molecule has 210 valence electrons. The van der Waals surface area contributed by atoms with Gasteiger partial charge in [-0.2, -0.15) is 0 Å². The van der Waals surface area contributed by atoms with Gasteiger partial charge in [-0.15, -0.1) is 10.2 Å². The first kappa shape index (κ1) is 25.8. The molecule has 1 atom stereocenters. The quantitative estimate of drug-likeness (QED) is 0.424. The van der Waals surface area contributed by atoms with Gasteiger partial charge in [0.1, 0.15) is 17.9 Å². The molecule has 0 radical (unpaired) electrons. The Balaban J connectivity index is 1.10. The number of nitrogens with zero attached hydrogens (tertiary/aromatic N) is 6. The van der Waals surface area contributed by atoms with Gasteiger partial charge >= 0.3 is 0 Å². The van der Waals surface area contributed by atoms with Crippen molar-refractivity contribution in [2.24, 2.45) is 23.0 Å². The molecule has 0 amide bonds. The van der Waals surface area contributed by atoms with Gasteiger partial charge in [-0.3, -0.25) is 9.88 Å². The molecule has 2 saturated heterocycles. The van der Waals surface area contributed by atoms with Crippen LogP contribution >= 0.6 is 0 Å². The number of likely N-dealkylation sites (tertiary alicyclic amines) is 1. The lowest BCUT2D eigenvalue weighted by atomic mass is 9.68. The van der Waals surface area contributed by atoms with E-state index in [0.29, 0.717) is 46.9 Å². The molecule has 1 spiro atoms. The van der Waals surface area contributed by atoms with E-state index in [1.54, 1.807) is 18.5 Å². The van der Waals surface area contributed by atoms with Crippen LogP contribution in [0.1, 0.15) is 57.4 Å². The van der Waals surface area contributed by atoms with Crippen molar-refractivity contribution in [3.05, 3.63) is 54.4 Å². The van der Waals surface area contributed by atoms with E-state index in [-0.39, 0.29) is 11.2 Å². The highest BCUT2D eigenvalue weighted by Crippen LogP contribution is 2.48. The van der Waals surface area contributed by atoms with Crippen LogP contribution in [0.15, 0.2) is 43.0 Å². The normalized spacial score (nSPS) is 24.7. The number of aromatic nitrogens is 4. The maximum atomic E-state index is 14.5. The zero-order valence-electron chi connectivity index (χ0n) is 23.3. The molecule has 2 aromatic heterocycles. The molecular weight excluding hydrogens is 505 g/mol. The lowest BCUT2D eigenvalue weighted by molar-refractivity contribution is -0.0667. The van der Waals surface area contributed by atoms with Crippen molar-refractivity contribution in [3.8, 4) is 22.8 Å². The molecule has 2 aliphatic heterocycles. The molecule has 2 saturated carbocycles. The van der Waals surface area contributed by atoms with Crippen LogP contribution in [0.3, 0.4) is 0 Å². The molecule has 4 heterocycles. The molecule has 7 rings (SSSR count).